The van der Waals surface area contributed by atoms with Crippen molar-refractivity contribution in [2.45, 2.75) is 38.8 Å². The second-order valence-electron chi connectivity index (χ2n) is 6.03. The van der Waals surface area contributed by atoms with Crippen LogP contribution in [-0.2, 0) is 13.0 Å². The van der Waals surface area contributed by atoms with E-state index in [9.17, 15) is 4.79 Å². The summed E-state index contributed by atoms with van der Waals surface area (Å²) in [5, 5.41) is 8.17. The highest BCUT2D eigenvalue weighted by Gasteiger charge is 2.35. The average molecular weight is 341 g/mol. The van der Waals surface area contributed by atoms with Gasteiger partial charge in [0.05, 0.1) is 12.6 Å². The molecule has 3 aromatic heterocycles. The maximum Gasteiger partial charge on any atom is 0.290 e. The molecular weight excluding hydrogens is 322 g/mol. The summed E-state index contributed by atoms with van der Waals surface area (Å²) < 4.78 is 12.7. The third-order valence-electron chi connectivity index (χ3n) is 4.35. The van der Waals surface area contributed by atoms with Crippen LogP contribution in [0.2, 0.25) is 0 Å². The van der Waals surface area contributed by atoms with Gasteiger partial charge < -0.3 is 13.8 Å². The first kappa shape index (κ1) is 15.6. The zero-order valence-corrected chi connectivity index (χ0v) is 14.0. The molecule has 1 fully saturated rings. The Labute approximate surface area is 144 Å². The van der Waals surface area contributed by atoms with Gasteiger partial charge in [-0.1, -0.05) is 12.1 Å². The highest BCUT2D eigenvalue weighted by atomic mass is 16.5. The highest BCUT2D eigenvalue weighted by molar-refractivity contribution is 5.92. The van der Waals surface area contributed by atoms with Gasteiger partial charge in [0, 0.05) is 25.4 Å². The summed E-state index contributed by atoms with van der Waals surface area (Å²) in [4.78, 5) is 19.0. The van der Waals surface area contributed by atoms with Crippen LogP contribution < -0.4 is 0 Å². The SMILES string of the molecule is CCc1nc([C@H]2CCCN2C(=O)c2ccc(Cn3cccn3)o2)no1. The largest absolute Gasteiger partial charge is 0.454 e. The first-order valence-electron chi connectivity index (χ1n) is 8.44. The quantitative estimate of drug-likeness (QED) is 0.708. The van der Waals surface area contributed by atoms with E-state index in [0.717, 1.165) is 12.8 Å². The van der Waals surface area contributed by atoms with E-state index < -0.39 is 0 Å². The van der Waals surface area contributed by atoms with E-state index in [1.54, 1.807) is 21.8 Å². The normalized spacial score (nSPS) is 17.3. The molecule has 4 heterocycles. The topological polar surface area (TPSA) is 90.2 Å². The van der Waals surface area contributed by atoms with Gasteiger partial charge in [-0.2, -0.15) is 10.1 Å². The number of aromatic nitrogens is 4. The molecule has 0 unspecified atom stereocenters. The van der Waals surface area contributed by atoms with Crippen LogP contribution in [0.25, 0.3) is 0 Å². The summed E-state index contributed by atoms with van der Waals surface area (Å²) in [6.45, 7) is 3.11. The number of rotatable bonds is 5. The molecule has 1 saturated heterocycles. The Morgan fingerprint density at radius 2 is 2.32 bits per heavy atom. The molecule has 1 atom stereocenters. The van der Waals surface area contributed by atoms with Crippen LogP contribution in [0.3, 0.4) is 0 Å². The minimum absolute atomic E-state index is 0.142. The summed E-state index contributed by atoms with van der Waals surface area (Å²) in [6, 6.07) is 5.21. The Bertz CT molecular complexity index is 851. The second kappa shape index (κ2) is 6.54. The van der Waals surface area contributed by atoms with Crippen molar-refractivity contribution in [3.63, 3.8) is 0 Å². The van der Waals surface area contributed by atoms with Crippen molar-refractivity contribution >= 4 is 5.91 Å². The molecule has 130 valence electrons. The minimum atomic E-state index is -0.156. The van der Waals surface area contributed by atoms with E-state index in [1.807, 2.05) is 25.3 Å². The summed E-state index contributed by atoms with van der Waals surface area (Å²) in [5.74, 6) is 2.04. The van der Waals surface area contributed by atoms with E-state index in [0.29, 0.717) is 42.7 Å². The van der Waals surface area contributed by atoms with E-state index in [1.165, 1.54) is 0 Å². The Kier molecular flexibility index (Phi) is 4.09. The van der Waals surface area contributed by atoms with Gasteiger partial charge in [-0.3, -0.25) is 9.48 Å². The lowest BCUT2D eigenvalue weighted by Crippen LogP contribution is -2.30. The molecule has 0 radical (unpaired) electrons. The number of carbonyl (C=O) groups is 1. The van der Waals surface area contributed by atoms with Gasteiger partial charge in [-0.25, -0.2) is 0 Å². The van der Waals surface area contributed by atoms with E-state index in [-0.39, 0.29) is 11.9 Å². The third-order valence-corrected chi connectivity index (χ3v) is 4.35. The van der Waals surface area contributed by atoms with Crippen molar-refractivity contribution in [2.24, 2.45) is 0 Å². The molecule has 25 heavy (non-hydrogen) atoms. The predicted octanol–water partition coefficient (Wildman–Crippen LogP) is 2.45. The van der Waals surface area contributed by atoms with Gasteiger partial charge in [0.1, 0.15) is 5.76 Å². The zero-order chi connectivity index (χ0) is 17.2. The number of carbonyl (C=O) groups excluding carboxylic acids is 1. The fourth-order valence-corrected chi connectivity index (χ4v) is 3.10. The molecule has 1 aliphatic rings. The molecule has 0 bridgehead atoms. The van der Waals surface area contributed by atoms with Crippen LogP contribution in [0.5, 0.6) is 0 Å². The fourth-order valence-electron chi connectivity index (χ4n) is 3.10. The molecule has 8 heteroatoms. The van der Waals surface area contributed by atoms with Crippen molar-refractivity contribution in [1.82, 2.24) is 24.8 Å². The molecule has 0 aromatic carbocycles. The van der Waals surface area contributed by atoms with Crippen molar-refractivity contribution in [1.29, 1.82) is 0 Å². The summed E-state index contributed by atoms with van der Waals surface area (Å²) in [5.41, 5.74) is 0. The molecule has 1 amide bonds. The summed E-state index contributed by atoms with van der Waals surface area (Å²) in [7, 11) is 0. The molecule has 0 aliphatic carbocycles. The molecule has 0 saturated carbocycles. The van der Waals surface area contributed by atoms with Crippen molar-refractivity contribution in [2.75, 3.05) is 6.54 Å². The Balaban J connectivity index is 1.50. The molecule has 0 N–H and O–H groups in total. The number of amides is 1. The number of likely N-dealkylation sites (tertiary alicyclic amines) is 1. The minimum Gasteiger partial charge on any atom is -0.454 e. The standard InChI is InChI=1S/C17H19N5O3/c1-2-15-19-16(20-25-15)13-5-3-10-22(13)17(23)14-7-6-12(24-14)11-21-9-4-8-18-21/h4,6-9,13H,2-3,5,10-11H2,1H3/t13-/m1/s1. The number of aryl methyl sites for hydroxylation is 1. The highest BCUT2D eigenvalue weighted by Crippen LogP contribution is 2.31. The molecule has 0 spiro atoms. The lowest BCUT2D eigenvalue weighted by atomic mass is 10.2. The number of hydrogen-bond acceptors (Lipinski definition) is 6. The third kappa shape index (κ3) is 3.07. The Morgan fingerprint density at radius 3 is 3.08 bits per heavy atom. The lowest BCUT2D eigenvalue weighted by molar-refractivity contribution is 0.0693. The molecular formula is C17H19N5O3. The van der Waals surface area contributed by atoms with Gasteiger partial charge in [-0.05, 0) is 31.0 Å². The summed E-state index contributed by atoms with van der Waals surface area (Å²) >= 11 is 0. The monoisotopic (exact) mass is 341 g/mol. The number of hydrogen-bond donors (Lipinski definition) is 0. The van der Waals surface area contributed by atoms with Crippen LogP contribution in [0.4, 0.5) is 0 Å². The van der Waals surface area contributed by atoms with E-state index in [2.05, 4.69) is 15.2 Å². The van der Waals surface area contributed by atoms with Crippen LogP contribution in [0.15, 0.2) is 39.5 Å². The van der Waals surface area contributed by atoms with Gasteiger partial charge in [0.2, 0.25) is 5.89 Å². The summed E-state index contributed by atoms with van der Waals surface area (Å²) in [6.07, 6.45) is 5.98. The first-order valence-corrected chi connectivity index (χ1v) is 8.44. The molecule has 3 aromatic rings. The van der Waals surface area contributed by atoms with Crippen LogP contribution in [0.1, 0.15) is 53.8 Å². The molecule has 8 nitrogen and oxygen atoms in total. The molecule has 4 rings (SSSR count). The number of nitrogens with zero attached hydrogens (tertiary/aromatic N) is 5. The second-order valence-corrected chi connectivity index (χ2v) is 6.03. The molecule has 1 aliphatic heterocycles. The van der Waals surface area contributed by atoms with E-state index in [4.69, 9.17) is 8.94 Å². The Morgan fingerprint density at radius 1 is 1.40 bits per heavy atom. The van der Waals surface area contributed by atoms with Gasteiger partial charge in [-0.15, -0.1) is 0 Å². The van der Waals surface area contributed by atoms with E-state index >= 15 is 0 Å². The van der Waals surface area contributed by atoms with Crippen LogP contribution in [-0.4, -0.2) is 37.3 Å². The lowest BCUT2D eigenvalue weighted by Gasteiger charge is -2.20. The number of furan rings is 1. The smallest absolute Gasteiger partial charge is 0.290 e. The fraction of sp³-hybridized carbons (Fsp3) is 0.412. The zero-order valence-electron chi connectivity index (χ0n) is 14.0. The van der Waals surface area contributed by atoms with Gasteiger partial charge in [0.25, 0.3) is 5.91 Å². The van der Waals surface area contributed by atoms with Crippen LogP contribution in [0, 0.1) is 0 Å². The van der Waals surface area contributed by atoms with Crippen molar-refractivity contribution in [3.8, 4) is 0 Å². The van der Waals surface area contributed by atoms with Crippen molar-refractivity contribution in [3.05, 3.63) is 53.8 Å². The van der Waals surface area contributed by atoms with Crippen molar-refractivity contribution < 1.29 is 13.7 Å². The van der Waals surface area contributed by atoms with Gasteiger partial charge >= 0.3 is 0 Å². The average Bonchev–Trinajstić information content (AvgIpc) is 3.39. The van der Waals surface area contributed by atoms with Crippen LogP contribution >= 0.6 is 0 Å². The first-order chi connectivity index (χ1) is 12.2. The van der Waals surface area contributed by atoms with Gasteiger partial charge in [0.15, 0.2) is 11.6 Å². The Hall–Kier alpha value is -2.90. The maximum absolute atomic E-state index is 12.8. The predicted molar refractivity (Wildman–Crippen MR) is 86.7 cm³/mol. The maximum atomic E-state index is 12.8.